The molecule has 5 nitrogen and oxygen atoms in total. The van der Waals surface area contributed by atoms with Gasteiger partial charge in [-0.2, -0.15) is 4.31 Å². The average molecular weight is 339 g/mol. The minimum absolute atomic E-state index is 0.0377. The van der Waals surface area contributed by atoms with E-state index in [2.05, 4.69) is 0 Å². The summed E-state index contributed by atoms with van der Waals surface area (Å²) in [4.78, 5) is 0.320. The maximum Gasteiger partial charge on any atom is 0.243 e. The first-order valence-corrected chi connectivity index (χ1v) is 9.78. The molecule has 2 fully saturated rings. The highest BCUT2D eigenvalue weighted by Gasteiger charge is 2.41. The zero-order chi connectivity index (χ0) is 16.4. The van der Waals surface area contributed by atoms with Gasteiger partial charge in [0.2, 0.25) is 10.0 Å². The molecule has 1 saturated heterocycles. The molecule has 0 amide bonds. The van der Waals surface area contributed by atoms with Gasteiger partial charge in [-0.05, 0) is 31.9 Å². The summed E-state index contributed by atoms with van der Waals surface area (Å²) in [5, 5.41) is 10.3. The summed E-state index contributed by atoms with van der Waals surface area (Å²) < 4.78 is 33.2. The lowest BCUT2D eigenvalue weighted by molar-refractivity contribution is -0.0379. The van der Waals surface area contributed by atoms with Crippen LogP contribution in [0.25, 0.3) is 0 Å². The summed E-state index contributed by atoms with van der Waals surface area (Å²) in [6.07, 6.45) is 3.22. The van der Waals surface area contributed by atoms with Crippen molar-refractivity contribution in [1.82, 2.24) is 4.31 Å². The second-order valence-corrected chi connectivity index (χ2v) is 8.48. The molecule has 1 heterocycles. The van der Waals surface area contributed by atoms with E-state index in [1.54, 1.807) is 16.4 Å². The fraction of sp³-hybridized carbons (Fsp3) is 0.647. The number of aryl methyl sites for hydroxylation is 1. The number of aliphatic hydroxyl groups is 1. The van der Waals surface area contributed by atoms with Crippen LogP contribution in [0.4, 0.5) is 0 Å². The van der Waals surface area contributed by atoms with Gasteiger partial charge in [0.1, 0.15) is 0 Å². The molecule has 0 radical (unpaired) electrons. The number of nitrogens with zero attached hydrogens (tertiary/aromatic N) is 1. The lowest BCUT2D eigenvalue weighted by Gasteiger charge is -2.42. The Balaban J connectivity index is 1.89. The van der Waals surface area contributed by atoms with Crippen molar-refractivity contribution in [3.05, 3.63) is 29.8 Å². The molecule has 128 valence electrons. The van der Waals surface area contributed by atoms with E-state index in [9.17, 15) is 13.5 Å². The van der Waals surface area contributed by atoms with Crippen molar-refractivity contribution in [3.63, 3.8) is 0 Å². The molecule has 3 atom stereocenters. The SMILES string of the molecule is Cc1ccc(S(=O)(=O)N2CCOC[C@@H]2[C@@H]2CCCC[C@@H]2O)cc1. The van der Waals surface area contributed by atoms with Crippen LogP contribution in [0.2, 0.25) is 0 Å². The van der Waals surface area contributed by atoms with E-state index in [1.165, 1.54) is 0 Å². The highest BCUT2D eigenvalue weighted by molar-refractivity contribution is 7.89. The summed E-state index contributed by atoms with van der Waals surface area (Å²) in [6.45, 7) is 3.06. The van der Waals surface area contributed by atoms with Crippen LogP contribution in [0.3, 0.4) is 0 Å². The quantitative estimate of drug-likeness (QED) is 0.914. The molecule has 3 rings (SSSR count). The highest BCUT2D eigenvalue weighted by Crippen LogP contribution is 2.33. The molecule has 1 N–H and O–H groups in total. The van der Waals surface area contributed by atoms with Gasteiger partial charge in [-0.1, -0.05) is 30.5 Å². The van der Waals surface area contributed by atoms with E-state index in [0.29, 0.717) is 24.7 Å². The number of benzene rings is 1. The first kappa shape index (κ1) is 16.9. The number of ether oxygens (including phenoxy) is 1. The van der Waals surface area contributed by atoms with Gasteiger partial charge >= 0.3 is 0 Å². The lowest BCUT2D eigenvalue weighted by atomic mass is 9.81. The van der Waals surface area contributed by atoms with Gasteiger partial charge in [0.25, 0.3) is 0 Å². The minimum Gasteiger partial charge on any atom is -0.393 e. The van der Waals surface area contributed by atoms with E-state index in [1.807, 2.05) is 19.1 Å². The van der Waals surface area contributed by atoms with E-state index < -0.39 is 16.1 Å². The van der Waals surface area contributed by atoms with E-state index in [0.717, 1.165) is 31.2 Å². The third-order valence-electron chi connectivity index (χ3n) is 5.02. The maximum absolute atomic E-state index is 13.0. The van der Waals surface area contributed by atoms with Crippen molar-refractivity contribution in [2.24, 2.45) is 5.92 Å². The summed E-state index contributed by atoms with van der Waals surface area (Å²) in [5.41, 5.74) is 1.03. The van der Waals surface area contributed by atoms with Gasteiger partial charge in [-0.25, -0.2) is 8.42 Å². The van der Waals surface area contributed by atoms with Gasteiger partial charge in [0.05, 0.1) is 30.3 Å². The number of hydrogen-bond acceptors (Lipinski definition) is 4. The Morgan fingerprint density at radius 3 is 2.57 bits per heavy atom. The van der Waals surface area contributed by atoms with Gasteiger partial charge in [-0.15, -0.1) is 0 Å². The number of hydrogen-bond donors (Lipinski definition) is 1. The van der Waals surface area contributed by atoms with Crippen LogP contribution in [-0.2, 0) is 14.8 Å². The molecule has 23 heavy (non-hydrogen) atoms. The van der Waals surface area contributed by atoms with Crippen molar-refractivity contribution in [1.29, 1.82) is 0 Å². The summed E-state index contributed by atoms with van der Waals surface area (Å²) >= 11 is 0. The molecule has 0 spiro atoms. The Kier molecular flexibility index (Phi) is 5.06. The third-order valence-corrected chi connectivity index (χ3v) is 6.96. The lowest BCUT2D eigenvalue weighted by Crippen LogP contribution is -2.54. The van der Waals surface area contributed by atoms with Crippen LogP contribution in [0.15, 0.2) is 29.2 Å². The normalized spacial score (nSPS) is 30.3. The third kappa shape index (κ3) is 3.45. The van der Waals surface area contributed by atoms with E-state index >= 15 is 0 Å². The zero-order valence-electron chi connectivity index (χ0n) is 13.5. The Hall–Kier alpha value is -0.950. The van der Waals surface area contributed by atoms with Crippen molar-refractivity contribution in [3.8, 4) is 0 Å². The second kappa shape index (κ2) is 6.89. The molecular weight excluding hydrogens is 314 g/mol. The van der Waals surface area contributed by atoms with Crippen molar-refractivity contribution in [2.75, 3.05) is 19.8 Å². The summed E-state index contributed by atoms with van der Waals surface area (Å²) in [5.74, 6) is -0.0377. The van der Waals surface area contributed by atoms with Crippen LogP contribution in [-0.4, -0.2) is 49.7 Å². The first-order valence-electron chi connectivity index (χ1n) is 8.34. The smallest absolute Gasteiger partial charge is 0.243 e. The fourth-order valence-electron chi connectivity index (χ4n) is 3.68. The average Bonchev–Trinajstić information content (AvgIpc) is 2.56. The fourth-order valence-corrected chi connectivity index (χ4v) is 5.32. The van der Waals surface area contributed by atoms with Crippen molar-refractivity contribution in [2.45, 2.75) is 49.6 Å². The van der Waals surface area contributed by atoms with Gasteiger partial charge in [-0.3, -0.25) is 0 Å². The predicted molar refractivity (Wildman–Crippen MR) is 87.6 cm³/mol. The van der Waals surface area contributed by atoms with Crippen LogP contribution >= 0.6 is 0 Å². The number of aliphatic hydroxyl groups excluding tert-OH is 1. The summed E-state index contributed by atoms with van der Waals surface area (Å²) in [6, 6.07) is 6.68. The summed E-state index contributed by atoms with van der Waals surface area (Å²) in [7, 11) is -3.56. The molecule has 1 aromatic rings. The highest BCUT2D eigenvalue weighted by atomic mass is 32.2. The predicted octanol–water partition coefficient (Wildman–Crippen LogP) is 1.94. The molecular formula is C17H25NO4S. The van der Waals surface area contributed by atoms with Crippen LogP contribution < -0.4 is 0 Å². The zero-order valence-corrected chi connectivity index (χ0v) is 14.3. The van der Waals surface area contributed by atoms with Gasteiger partial charge in [0, 0.05) is 12.5 Å². The molecule has 0 bridgehead atoms. The Morgan fingerprint density at radius 2 is 1.87 bits per heavy atom. The minimum atomic E-state index is -3.56. The second-order valence-electron chi connectivity index (χ2n) is 6.59. The molecule has 2 aliphatic rings. The molecule has 1 saturated carbocycles. The number of morpholine rings is 1. The van der Waals surface area contributed by atoms with Crippen molar-refractivity contribution >= 4 is 10.0 Å². The van der Waals surface area contributed by atoms with E-state index in [-0.39, 0.29) is 12.0 Å². The first-order chi connectivity index (χ1) is 11.0. The van der Waals surface area contributed by atoms with Gasteiger partial charge in [0.15, 0.2) is 0 Å². The molecule has 1 aliphatic heterocycles. The van der Waals surface area contributed by atoms with Crippen molar-refractivity contribution < 1.29 is 18.3 Å². The van der Waals surface area contributed by atoms with Gasteiger partial charge < -0.3 is 9.84 Å². The molecule has 0 unspecified atom stereocenters. The number of rotatable bonds is 3. The van der Waals surface area contributed by atoms with Crippen LogP contribution in [0, 0.1) is 12.8 Å². The maximum atomic E-state index is 13.0. The molecule has 0 aromatic heterocycles. The standard InChI is InChI=1S/C17H25NO4S/c1-13-6-8-14(9-7-13)23(20,21)18-10-11-22-12-16(18)15-4-2-3-5-17(15)19/h6-9,15-17,19H,2-5,10-12H2,1H3/t15-,16+,17-/m0/s1. The van der Waals surface area contributed by atoms with Crippen LogP contribution in [0.5, 0.6) is 0 Å². The number of sulfonamides is 1. The molecule has 1 aromatic carbocycles. The van der Waals surface area contributed by atoms with Crippen LogP contribution in [0.1, 0.15) is 31.2 Å². The Morgan fingerprint density at radius 1 is 1.17 bits per heavy atom. The largest absolute Gasteiger partial charge is 0.393 e. The topological polar surface area (TPSA) is 66.8 Å². The molecule has 1 aliphatic carbocycles. The van der Waals surface area contributed by atoms with E-state index in [4.69, 9.17) is 4.74 Å². The monoisotopic (exact) mass is 339 g/mol. The Bertz CT molecular complexity index is 628. The molecule has 6 heteroatoms. The Labute approximate surface area is 138 Å².